The van der Waals surface area contributed by atoms with Crippen molar-refractivity contribution in [2.45, 2.75) is 32.1 Å². The second-order valence-electron chi connectivity index (χ2n) is 5.49. The predicted octanol–water partition coefficient (Wildman–Crippen LogP) is 4.81. The van der Waals surface area contributed by atoms with Gasteiger partial charge in [-0.2, -0.15) is 0 Å². The van der Waals surface area contributed by atoms with E-state index in [1.807, 2.05) is 48.7 Å². The molecule has 1 aliphatic rings. The van der Waals surface area contributed by atoms with E-state index < -0.39 is 0 Å². The highest BCUT2D eigenvalue weighted by atomic mass is 16.2. The number of carbonyl (C=O) groups is 1. The van der Waals surface area contributed by atoms with Crippen LogP contribution in [0.25, 0.3) is 10.8 Å². The highest BCUT2D eigenvalue weighted by molar-refractivity contribution is 6.01. The molecule has 0 bridgehead atoms. The van der Waals surface area contributed by atoms with Gasteiger partial charge in [-0.15, -0.1) is 0 Å². The molecule has 2 amide bonds. The third-order valence-electron chi connectivity index (χ3n) is 3.94. The van der Waals surface area contributed by atoms with Gasteiger partial charge in [0, 0.05) is 11.6 Å². The number of rotatable bonds is 2. The summed E-state index contributed by atoms with van der Waals surface area (Å²) in [6.45, 7) is 0. The number of benzene rings is 2. The Morgan fingerprint density at radius 3 is 2.57 bits per heavy atom. The maximum Gasteiger partial charge on any atom is 0.323 e. The molecule has 2 N–H and O–H groups in total. The molecule has 0 unspecified atom stereocenters. The third-order valence-corrected chi connectivity index (χ3v) is 3.94. The number of amides is 2. The number of hydrogen-bond donors (Lipinski definition) is 2. The second kappa shape index (κ2) is 6.44. The number of fused-ring (bicyclic) bond motifs is 1. The standard InChI is InChI=1S/C18H20N2O/c21-18(19-13-14-7-2-1-3-8-14)20-17-12-6-10-15-9-4-5-11-16(15)17/h4-6,9-13H,1-3,7-8H2,(H2,19,20,21). The molecule has 108 valence electrons. The molecule has 0 radical (unpaired) electrons. The van der Waals surface area contributed by atoms with Crippen LogP contribution in [-0.4, -0.2) is 6.03 Å². The molecule has 0 spiro atoms. The van der Waals surface area contributed by atoms with Crippen LogP contribution in [0.2, 0.25) is 0 Å². The number of anilines is 1. The largest absolute Gasteiger partial charge is 0.323 e. The number of urea groups is 1. The van der Waals surface area contributed by atoms with Crippen LogP contribution in [0.4, 0.5) is 10.5 Å². The van der Waals surface area contributed by atoms with Crippen molar-refractivity contribution < 1.29 is 4.79 Å². The van der Waals surface area contributed by atoms with Gasteiger partial charge in [-0.05, 0) is 37.1 Å². The van der Waals surface area contributed by atoms with Crippen LogP contribution in [0.15, 0.2) is 54.2 Å². The first-order valence-corrected chi connectivity index (χ1v) is 7.56. The Labute approximate surface area is 125 Å². The second-order valence-corrected chi connectivity index (χ2v) is 5.49. The molecular formula is C18H20N2O. The molecule has 1 saturated carbocycles. The van der Waals surface area contributed by atoms with Crippen LogP contribution >= 0.6 is 0 Å². The first kappa shape index (κ1) is 13.7. The average molecular weight is 280 g/mol. The van der Waals surface area contributed by atoms with Crippen LogP contribution in [-0.2, 0) is 0 Å². The highest BCUT2D eigenvalue weighted by Gasteiger charge is 2.07. The van der Waals surface area contributed by atoms with E-state index >= 15 is 0 Å². The van der Waals surface area contributed by atoms with Crippen molar-refractivity contribution in [2.24, 2.45) is 0 Å². The molecule has 0 aromatic heterocycles. The molecule has 1 aliphatic carbocycles. The zero-order valence-corrected chi connectivity index (χ0v) is 12.1. The van der Waals surface area contributed by atoms with Gasteiger partial charge >= 0.3 is 6.03 Å². The normalized spacial score (nSPS) is 14.8. The van der Waals surface area contributed by atoms with Crippen LogP contribution < -0.4 is 10.6 Å². The summed E-state index contributed by atoms with van der Waals surface area (Å²) in [7, 11) is 0. The molecule has 21 heavy (non-hydrogen) atoms. The first-order chi connectivity index (χ1) is 10.3. The van der Waals surface area contributed by atoms with Crippen molar-refractivity contribution in [3.05, 3.63) is 54.2 Å². The molecule has 0 aliphatic heterocycles. The summed E-state index contributed by atoms with van der Waals surface area (Å²) in [6, 6.07) is 13.8. The molecule has 0 atom stereocenters. The van der Waals surface area contributed by atoms with Gasteiger partial charge < -0.3 is 10.6 Å². The molecule has 2 aromatic rings. The van der Waals surface area contributed by atoms with E-state index in [-0.39, 0.29) is 6.03 Å². The fourth-order valence-electron chi connectivity index (χ4n) is 2.81. The molecule has 3 nitrogen and oxygen atoms in total. The van der Waals surface area contributed by atoms with Gasteiger partial charge in [0.15, 0.2) is 0 Å². The van der Waals surface area contributed by atoms with E-state index in [2.05, 4.69) is 10.6 Å². The summed E-state index contributed by atoms with van der Waals surface area (Å²) < 4.78 is 0. The quantitative estimate of drug-likeness (QED) is 0.814. The van der Waals surface area contributed by atoms with Gasteiger partial charge in [0.2, 0.25) is 0 Å². The predicted molar refractivity (Wildman–Crippen MR) is 87.3 cm³/mol. The highest BCUT2D eigenvalue weighted by Crippen LogP contribution is 2.23. The van der Waals surface area contributed by atoms with Crippen LogP contribution in [0.5, 0.6) is 0 Å². The van der Waals surface area contributed by atoms with Crippen LogP contribution in [0.3, 0.4) is 0 Å². The Bertz CT molecular complexity index is 662. The lowest BCUT2D eigenvalue weighted by molar-refractivity contribution is 0.255. The van der Waals surface area contributed by atoms with Gasteiger partial charge in [-0.25, -0.2) is 4.79 Å². The fraction of sp³-hybridized carbons (Fsp3) is 0.278. The van der Waals surface area contributed by atoms with E-state index in [1.165, 1.54) is 24.8 Å². The van der Waals surface area contributed by atoms with Crippen molar-refractivity contribution in [3.8, 4) is 0 Å². The van der Waals surface area contributed by atoms with Gasteiger partial charge in [-0.3, -0.25) is 0 Å². The Kier molecular flexibility index (Phi) is 4.20. The lowest BCUT2D eigenvalue weighted by atomic mass is 9.96. The Hall–Kier alpha value is -2.29. The minimum atomic E-state index is -0.176. The summed E-state index contributed by atoms with van der Waals surface area (Å²) in [6.07, 6.45) is 7.86. The summed E-state index contributed by atoms with van der Waals surface area (Å²) >= 11 is 0. The van der Waals surface area contributed by atoms with Crippen molar-refractivity contribution in [1.29, 1.82) is 0 Å². The van der Waals surface area contributed by atoms with Crippen molar-refractivity contribution in [3.63, 3.8) is 0 Å². The lowest BCUT2D eigenvalue weighted by Gasteiger charge is -2.14. The van der Waals surface area contributed by atoms with Crippen molar-refractivity contribution in [1.82, 2.24) is 5.32 Å². The zero-order chi connectivity index (χ0) is 14.5. The van der Waals surface area contributed by atoms with Crippen molar-refractivity contribution >= 4 is 22.5 Å². The average Bonchev–Trinajstić information content (AvgIpc) is 2.54. The summed E-state index contributed by atoms with van der Waals surface area (Å²) in [5.41, 5.74) is 2.18. The van der Waals surface area contributed by atoms with Crippen LogP contribution in [0.1, 0.15) is 32.1 Å². The van der Waals surface area contributed by atoms with Gasteiger partial charge in [-0.1, -0.05) is 48.4 Å². The molecule has 1 fully saturated rings. The van der Waals surface area contributed by atoms with E-state index in [4.69, 9.17) is 0 Å². The smallest absolute Gasteiger partial charge is 0.314 e. The Balaban J connectivity index is 1.69. The van der Waals surface area contributed by atoms with Crippen LogP contribution in [0, 0.1) is 0 Å². The Morgan fingerprint density at radius 2 is 1.71 bits per heavy atom. The number of carbonyl (C=O) groups excluding carboxylic acids is 1. The molecule has 2 aromatic carbocycles. The number of allylic oxidation sites excluding steroid dienone is 1. The summed E-state index contributed by atoms with van der Waals surface area (Å²) in [4.78, 5) is 12.0. The SMILES string of the molecule is O=C(NC=C1CCCCC1)Nc1cccc2ccccc12. The van der Waals surface area contributed by atoms with E-state index in [1.54, 1.807) is 0 Å². The van der Waals surface area contributed by atoms with E-state index in [9.17, 15) is 4.79 Å². The molecule has 3 rings (SSSR count). The summed E-state index contributed by atoms with van der Waals surface area (Å²) in [5, 5.41) is 7.97. The lowest BCUT2D eigenvalue weighted by Crippen LogP contribution is -2.24. The third kappa shape index (κ3) is 3.43. The number of nitrogens with one attached hydrogen (secondary N) is 2. The molecule has 0 heterocycles. The fourth-order valence-corrected chi connectivity index (χ4v) is 2.81. The zero-order valence-electron chi connectivity index (χ0n) is 12.1. The molecule has 0 saturated heterocycles. The monoisotopic (exact) mass is 280 g/mol. The maximum absolute atomic E-state index is 12.0. The van der Waals surface area contributed by atoms with E-state index in [0.717, 1.165) is 29.3 Å². The number of hydrogen-bond acceptors (Lipinski definition) is 1. The maximum atomic E-state index is 12.0. The molecule has 3 heteroatoms. The Morgan fingerprint density at radius 1 is 0.952 bits per heavy atom. The van der Waals surface area contributed by atoms with Gasteiger partial charge in [0.05, 0.1) is 5.69 Å². The topological polar surface area (TPSA) is 41.1 Å². The minimum Gasteiger partial charge on any atom is -0.314 e. The summed E-state index contributed by atoms with van der Waals surface area (Å²) in [5.74, 6) is 0. The first-order valence-electron chi connectivity index (χ1n) is 7.56. The van der Waals surface area contributed by atoms with Gasteiger partial charge in [0.1, 0.15) is 0 Å². The minimum absolute atomic E-state index is 0.176. The molecular weight excluding hydrogens is 260 g/mol. The van der Waals surface area contributed by atoms with E-state index in [0.29, 0.717) is 0 Å². The van der Waals surface area contributed by atoms with Gasteiger partial charge in [0.25, 0.3) is 0 Å². The van der Waals surface area contributed by atoms with Crippen molar-refractivity contribution in [2.75, 3.05) is 5.32 Å².